The SMILES string of the molecule is Cc1nc(N)c(C(=O)O)c(C)c1CCCN. The number of pyridine rings is 1. The summed E-state index contributed by atoms with van der Waals surface area (Å²) in [5.41, 5.74) is 13.6. The van der Waals surface area contributed by atoms with Crippen LogP contribution in [0.2, 0.25) is 0 Å². The molecular formula is C11H17N3O2. The summed E-state index contributed by atoms with van der Waals surface area (Å²) in [4.78, 5) is 15.1. The van der Waals surface area contributed by atoms with E-state index in [0.717, 1.165) is 24.1 Å². The highest BCUT2D eigenvalue weighted by Gasteiger charge is 2.17. The van der Waals surface area contributed by atoms with Gasteiger partial charge < -0.3 is 16.6 Å². The predicted molar refractivity (Wildman–Crippen MR) is 62.5 cm³/mol. The highest BCUT2D eigenvalue weighted by Crippen LogP contribution is 2.22. The normalized spacial score (nSPS) is 10.4. The van der Waals surface area contributed by atoms with Crippen molar-refractivity contribution in [2.75, 3.05) is 12.3 Å². The highest BCUT2D eigenvalue weighted by molar-refractivity contribution is 5.94. The zero-order valence-corrected chi connectivity index (χ0v) is 9.58. The second kappa shape index (κ2) is 4.94. The highest BCUT2D eigenvalue weighted by atomic mass is 16.4. The number of aromatic nitrogens is 1. The van der Waals surface area contributed by atoms with Crippen LogP contribution in [0, 0.1) is 13.8 Å². The Hall–Kier alpha value is -1.62. The first-order valence-corrected chi connectivity index (χ1v) is 5.18. The van der Waals surface area contributed by atoms with Gasteiger partial charge in [-0.25, -0.2) is 9.78 Å². The van der Waals surface area contributed by atoms with Gasteiger partial charge in [-0.15, -0.1) is 0 Å². The summed E-state index contributed by atoms with van der Waals surface area (Å²) in [7, 11) is 0. The number of carboxylic acids is 1. The van der Waals surface area contributed by atoms with Crippen LogP contribution in [-0.4, -0.2) is 22.6 Å². The molecular weight excluding hydrogens is 206 g/mol. The van der Waals surface area contributed by atoms with Crippen LogP contribution in [0.15, 0.2) is 0 Å². The van der Waals surface area contributed by atoms with Gasteiger partial charge in [-0.3, -0.25) is 0 Å². The smallest absolute Gasteiger partial charge is 0.339 e. The minimum absolute atomic E-state index is 0.0824. The fourth-order valence-electron chi connectivity index (χ4n) is 1.84. The number of nitrogens with two attached hydrogens (primary N) is 2. The molecule has 0 aliphatic rings. The molecule has 1 rings (SSSR count). The number of carboxylic acid groups (broad SMARTS) is 1. The Morgan fingerprint density at radius 2 is 2.06 bits per heavy atom. The van der Waals surface area contributed by atoms with Crippen molar-refractivity contribution >= 4 is 11.8 Å². The fraction of sp³-hybridized carbons (Fsp3) is 0.455. The molecule has 1 aromatic heterocycles. The Balaban J connectivity index is 3.27. The third-order valence-electron chi connectivity index (χ3n) is 2.65. The molecule has 16 heavy (non-hydrogen) atoms. The molecule has 1 aromatic rings. The first-order chi connectivity index (χ1) is 7.49. The van der Waals surface area contributed by atoms with Crippen LogP contribution >= 0.6 is 0 Å². The Morgan fingerprint density at radius 1 is 1.44 bits per heavy atom. The van der Waals surface area contributed by atoms with Crippen LogP contribution in [0.4, 0.5) is 5.82 Å². The van der Waals surface area contributed by atoms with Gasteiger partial charge in [-0.1, -0.05) is 0 Å². The summed E-state index contributed by atoms with van der Waals surface area (Å²) >= 11 is 0. The Labute approximate surface area is 94.5 Å². The molecule has 0 fully saturated rings. The summed E-state index contributed by atoms with van der Waals surface area (Å²) in [6.07, 6.45) is 1.55. The monoisotopic (exact) mass is 223 g/mol. The predicted octanol–water partition coefficient (Wildman–Crippen LogP) is 0.870. The molecule has 5 nitrogen and oxygen atoms in total. The van der Waals surface area contributed by atoms with Gasteiger partial charge in [0, 0.05) is 5.69 Å². The quantitative estimate of drug-likeness (QED) is 0.702. The molecule has 1 heterocycles. The number of anilines is 1. The summed E-state index contributed by atoms with van der Waals surface area (Å²) < 4.78 is 0. The molecule has 5 N–H and O–H groups in total. The lowest BCUT2D eigenvalue weighted by molar-refractivity contribution is 0.0697. The fourth-order valence-corrected chi connectivity index (χ4v) is 1.84. The Bertz CT molecular complexity index is 416. The van der Waals surface area contributed by atoms with E-state index in [1.165, 1.54) is 0 Å². The van der Waals surface area contributed by atoms with Crippen molar-refractivity contribution in [3.05, 3.63) is 22.4 Å². The van der Waals surface area contributed by atoms with Crippen LogP contribution in [-0.2, 0) is 6.42 Å². The molecule has 0 saturated carbocycles. The molecule has 0 bridgehead atoms. The zero-order chi connectivity index (χ0) is 12.3. The topological polar surface area (TPSA) is 102 Å². The minimum Gasteiger partial charge on any atom is -0.478 e. The van der Waals surface area contributed by atoms with Gasteiger partial charge in [0.15, 0.2) is 0 Å². The third kappa shape index (κ3) is 2.30. The van der Waals surface area contributed by atoms with Crippen LogP contribution in [0.5, 0.6) is 0 Å². The van der Waals surface area contributed by atoms with E-state index in [0.29, 0.717) is 12.1 Å². The second-order valence-corrected chi connectivity index (χ2v) is 3.76. The first kappa shape index (κ1) is 12.4. The van der Waals surface area contributed by atoms with E-state index in [2.05, 4.69) is 4.98 Å². The Kier molecular flexibility index (Phi) is 3.84. The van der Waals surface area contributed by atoms with Gasteiger partial charge in [0.05, 0.1) is 0 Å². The first-order valence-electron chi connectivity index (χ1n) is 5.18. The number of aryl methyl sites for hydroxylation is 1. The maximum Gasteiger partial charge on any atom is 0.339 e. The van der Waals surface area contributed by atoms with Crippen molar-refractivity contribution in [2.24, 2.45) is 5.73 Å². The number of carbonyl (C=O) groups is 1. The van der Waals surface area contributed by atoms with Crippen molar-refractivity contribution in [3.8, 4) is 0 Å². The average molecular weight is 223 g/mol. The molecule has 0 radical (unpaired) electrons. The molecule has 0 aliphatic heterocycles. The van der Waals surface area contributed by atoms with Crippen LogP contribution in [0.25, 0.3) is 0 Å². The average Bonchev–Trinajstić information content (AvgIpc) is 2.16. The van der Waals surface area contributed by atoms with E-state index in [1.54, 1.807) is 6.92 Å². The summed E-state index contributed by atoms with van der Waals surface area (Å²) in [5.74, 6) is -0.949. The zero-order valence-electron chi connectivity index (χ0n) is 9.58. The molecule has 0 spiro atoms. The van der Waals surface area contributed by atoms with Gasteiger partial charge >= 0.3 is 5.97 Å². The third-order valence-corrected chi connectivity index (χ3v) is 2.65. The van der Waals surface area contributed by atoms with Gasteiger partial charge in [0.25, 0.3) is 0 Å². The summed E-state index contributed by atoms with van der Waals surface area (Å²) in [5, 5.41) is 9.04. The minimum atomic E-state index is -1.03. The van der Waals surface area contributed by atoms with E-state index in [9.17, 15) is 4.79 Å². The van der Waals surface area contributed by atoms with Crippen molar-refractivity contribution in [1.29, 1.82) is 0 Å². The summed E-state index contributed by atoms with van der Waals surface area (Å²) in [6, 6.07) is 0. The maximum absolute atomic E-state index is 11.0. The van der Waals surface area contributed by atoms with E-state index >= 15 is 0 Å². The number of aromatic carboxylic acids is 1. The lowest BCUT2D eigenvalue weighted by atomic mass is 9.98. The number of hydrogen-bond acceptors (Lipinski definition) is 4. The summed E-state index contributed by atoms with van der Waals surface area (Å²) in [6.45, 7) is 4.17. The van der Waals surface area contributed by atoms with Crippen molar-refractivity contribution in [2.45, 2.75) is 26.7 Å². The second-order valence-electron chi connectivity index (χ2n) is 3.76. The standard InChI is InChI=1S/C11H17N3O2/c1-6-8(4-3-5-12)7(2)14-10(13)9(6)11(15)16/h3-5,12H2,1-2H3,(H2,13,14)(H,15,16). The number of nitrogens with zero attached hydrogens (tertiary/aromatic N) is 1. The molecule has 88 valence electrons. The van der Waals surface area contributed by atoms with E-state index < -0.39 is 5.97 Å². The molecule has 0 amide bonds. The largest absolute Gasteiger partial charge is 0.478 e. The molecule has 0 aromatic carbocycles. The van der Waals surface area contributed by atoms with E-state index in [-0.39, 0.29) is 11.4 Å². The Morgan fingerprint density at radius 3 is 2.56 bits per heavy atom. The molecule has 0 atom stereocenters. The van der Waals surface area contributed by atoms with E-state index in [1.807, 2.05) is 6.92 Å². The van der Waals surface area contributed by atoms with Crippen molar-refractivity contribution in [1.82, 2.24) is 4.98 Å². The lowest BCUT2D eigenvalue weighted by Crippen LogP contribution is -2.12. The number of hydrogen-bond donors (Lipinski definition) is 3. The van der Waals surface area contributed by atoms with Gasteiger partial charge in [-0.05, 0) is 44.4 Å². The van der Waals surface area contributed by atoms with Gasteiger partial charge in [0.1, 0.15) is 11.4 Å². The van der Waals surface area contributed by atoms with Gasteiger partial charge in [-0.2, -0.15) is 0 Å². The molecule has 5 heteroatoms. The van der Waals surface area contributed by atoms with E-state index in [4.69, 9.17) is 16.6 Å². The molecule has 0 aliphatic carbocycles. The maximum atomic E-state index is 11.0. The molecule has 0 saturated heterocycles. The van der Waals surface area contributed by atoms with Crippen LogP contribution < -0.4 is 11.5 Å². The van der Waals surface area contributed by atoms with Gasteiger partial charge in [0.2, 0.25) is 0 Å². The molecule has 0 unspecified atom stereocenters. The number of rotatable bonds is 4. The van der Waals surface area contributed by atoms with Crippen molar-refractivity contribution < 1.29 is 9.90 Å². The van der Waals surface area contributed by atoms with Crippen LogP contribution in [0.1, 0.15) is 33.6 Å². The van der Waals surface area contributed by atoms with Crippen LogP contribution in [0.3, 0.4) is 0 Å². The van der Waals surface area contributed by atoms with Crippen molar-refractivity contribution in [3.63, 3.8) is 0 Å². The lowest BCUT2D eigenvalue weighted by Gasteiger charge is -2.13. The number of nitrogen functional groups attached to an aromatic ring is 1.